The molecule has 1 aromatic rings. The van der Waals surface area contributed by atoms with E-state index in [4.69, 9.17) is 4.74 Å². The normalized spacial score (nSPS) is 26.8. The molecular formula is C21H30N4O2. The second-order valence-corrected chi connectivity index (χ2v) is 7.80. The van der Waals surface area contributed by atoms with E-state index < -0.39 is 0 Å². The van der Waals surface area contributed by atoms with E-state index in [0.29, 0.717) is 24.7 Å². The molecule has 3 aliphatic rings. The number of carbonyl (C=O) groups excluding carboxylic acids is 1. The van der Waals surface area contributed by atoms with Crippen molar-refractivity contribution in [2.45, 2.75) is 63.3 Å². The average Bonchev–Trinajstić information content (AvgIpc) is 3.32. The Kier molecular flexibility index (Phi) is 5.62. The van der Waals surface area contributed by atoms with Gasteiger partial charge in [0.1, 0.15) is 0 Å². The van der Waals surface area contributed by atoms with Gasteiger partial charge in [0, 0.05) is 33.1 Å². The molecule has 3 unspecified atom stereocenters. The molecule has 0 aromatic heterocycles. The summed E-state index contributed by atoms with van der Waals surface area (Å²) in [7, 11) is 1.79. The first-order valence-corrected chi connectivity index (χ1v) is 10.2. The maximum absolute atomic E-state index is 12.5. The number of amides is 1. The highest BCUT2D eigenvalue weighted by Gasteiger charge is 2.41. The van der Waals surface area contributed by atoms with Crippen molar-refractivity contribution in [3.8, 4) is 0 Å². The number of hydrogen-bond donors (Lipinski definition) is 2. The van der Waals surface area contributed by atoms with E-state index in [1.807, 2.05) is 4.90 Å². The molecule has 3 atom stereocenters. The molecule has 1 aromatic carbocycles. The number of ether oxygens (including phenoxy) is 1. The summed E-state index contributed by atoms with van der Waals surface area (Å²) in [5.74, 6) is 1.06. The first-order chi connectivity index (χ1) is 13.2. The van der Waals surface area contributed by atoms with Crippen LogP contribution in [0, 0.1) is 0 Å². The van der Waals surface area contributed by atoms with Gasteiger partial charge in [-0.1, -0.05) is 24.3 Å². The predicted molar refractivity (Wildman–Crippen MR) is 106 cm³/mol. The van der Waals surface area contributed by atoms with Gasteiger partial charge in [0.15, 0.2) is 5.96 Å². The van der Waals surface area contributed by atoms with E-state index in [1.54, 1.807) is 7.05 Å². The number of nitrogens with zero attached hydrogens (tertiary/aromatic N) is 2. The fraction of sp³-hybridized carbons (Fsp3) is 0.619. The fourth-order valence-corrected chi connectivity index (χ4v) is 4.47. The lowest BCUT2D eigenvalue weighted by Gasteiger charge is -2.29. The summed E-state index contributed by atoms with van der Waals surface area (Å²) in [6.07, 6.45) is 6.51. The molecule has 4 rings (SSSR count). The highest BCUT2D eigenvalue weighted by atomic mass is 16.5. The van der Waals surface area contributed by atoms with Crippen LogP contribution in [0.4, 0.5) is 0 Å². The standard InChI is InChI=1S/C21H30N4O2/c1-22-21(24-18-13-17-8-9-19(18)27-17)23-11-4-7-20(26)25-12-10-15-5-2-3-6-16(15)14-25/h2-3,5-6,17-19H,4,7-14H2,1H3,(H2,22,23,24). The second kappa shape index (κ2) is 8.30. The van der Waals surface area contributed by atoms with Crippen molar-refractivity contribution in [1.29, 1.82) is 0 Å². The average molecular weight is 370 g/mol. The molecule has 3 aliphatic heterocycles. The maximum Gasteiger partial charge on any atom is 0.222 e. The van der Waals surface area contributed by atoms with Crippen molar-refractivity contribution in [3.63, 3.8) is 0 Å². The molecule has 2 fully saturated rings. The van der Waals surface area contributed by atoms with Crippen molar-refractivity contribution in [2.75, 3.05) is 20.1 Å². The topological polar surface area (TPSA) is 66.0 Å². The summed E-state index contributed by atoms with van der Waals surface area (Å²) in [4.78, 5) is 18.8. The highest BCUT2D eigenvalue weighted by molar-refractivity contribution is 5.80. The van der Waals surface area contributed by atoms with E-state index in [1.165, 1.54) is 17.5 Å². The third kappa shape index (κ3) is 4.26. The smallest absolute Gasteiger partial charge is 0.222 e. The molecule has 2 bridgehead atoms. The van der Waals surface area contributed by atoms with Crippen LogP contribution in [-0.4, -0.2) is 55.2 Å². The van der Waals surface area contributed by atoms with Gasteiger partial charge in [-0.3, -0.25) is 9.79 Å². The first-order valence-electron chi connectivity index (χ1n) is 10.2. The first kappa shape index (κ1) is 18.3. The zero-order chi connectivity index (χ0) is 18.6. The number of nitrogens with one attached hydrogen (secondary N) is 2. The van der Waals surface area contributed by atoms with E-state index in [2.05, 4.69) is 39.9 Å². The molecule has 2 N–H and O–H groups in total. The second-order valence-electron chi connectivity index (χ2n) is 7.80. The molecule has 3 heterocycles. The largest absolute Gasteiger partial charge is 0.373 e. The minimum Gasteiger partial charge on any atom is -0.373 e. The summed E-state index contributed by atoms with van der Waals surface area (Å²) in [5, 5.41) is 6.82. The van der Waals surface area contributed by atoms with Gasteiger partial charge < -0.3 is 20.3 Å². The molecule has 0 spiro atoms. The minimum absolute atomic E-state index is 0.246. The van der Waals surface area contributed by atoms with Crippen molar-refractivity contribution >= 4 is 11.9 Å². The van der Waals surface area contributed by atoms with E-state index in [9.17, 15) is 4.79 Å². The molecule has 6 nitrogen and oxygen atoms in total. The van der Waals surface area contributed by atoms with Gasteiger partial charge in [-0.2, -0.15) is 0 Å². The van der Waals surface area contributed by atoms with Crippen LogP contribution in [0.15, 0.2) is 29.3 Å². The van der Waals surface area contributed by atoms with E-state index >= 15 is 0 Å². The number of hydrogen-bond acceptors (Lipinski definition) is 3. The zero-order valence-electron chi connectivity index (χ0n) is 16.1. The Balaban J connectivity index is 1.17. The zero-order valence-corrected chi connectivity index (χ0v) is 16.1. The van der Waals surface area contributed by atoms with Crippen molar-refractivity contribution in [2.24, 2.45) is 4.99 Å². The van der Waals surface area contributed by atoms with Gasteiger partial charge >= 0.3 is 0 Å². The molecule has 27 heavy (non-hydrogen) atoms. The van der Waals surface area contributed by atoms with Crippen LogP contribution < -0.4 is 10.6 Å². The Morgan fingerprint density at radius 2 is 2.15 bits per heavy atom. The molecule has 2 saturated heterocycles. The van der Waals surface area contributed by atoms with Crippen LogP contribution in [0.3, 0.4) is 0 Å². The van der Waals surface area contributed by atoms with Crippen LogP contribution in [0.2, 0.25) is 0 Å². The van der Waals surface area contributed by atoms with Gasteiger partial charge in [-0.25, -0.2) is 0 Å². The van der Waals surface area contributed by atoms with Gasteiger partial charge in [0.25, 0.3) is 0 Å². The molecule has 6 heteroatoms. The summed E-state index contributed by atoms with van der Waals surface area (Å²) >= 11 is 0. The summed E-state index contributed by atoms with van der Waals surface area (Å²) in [6, 6.07) is 8.79. The van der Waals surface area contributed by atoms with Crippen molar-refractivity contribution in [1.82, 2.24) is 15.5 Å². The number of aliphatic imine (C=N–C) groups is 1. The number of rotatable bonds is 5. The predicted octanol–water partition coefficient (Wildman–Crippen LogP) is 1.84. The Morgan fingerprint density at radius 1 is 1.30 bits per heavy atom. The summed E-state index contributed by atoms with van der Waals surface area (Å²) < 4.78 is 5.88. The lowest BCUT2D eigenvalue weighted by Crippen LogP contribution is -2.47. The third-order valence-electron chi connectivity index (χ3n) is 5.99. The summed E-state index contributed by atoms with van der Waals surface area (Å²) in [6.45, 7) is 2.32. The Morgan fingerprint density at radius 3 is 2.89 bits per heavy atom. The van der Waals surface area contributed by atoms with Crippen LogP contribution in [0.25, 0.3) is 0 Å². The quantitative estimate of drug-likeness (QED) is 0.472. The number of fused-ring (bicyclic) bond motifs is 3. The lowest BCUT2D eigenvalue weighted by molar-refractivity contribution is -0.132. The van der Waals surface area contributed by atoms with Crippen LogP contribution in [0.5, 0.6) is 0 Å². The number of guanidine groups is 1. The van der Waals surface area contributed by atoms with Crippen molar-refractivity contribution in [3.05, 3.63) is 35.4 Å². The van der Waals surface area contributed by atoms with Crippen molar-refractivity contribution < 1.29 is 9.53 Å². The van der Waals surface area contributed by atoms with Gasteiger partial charge in [0.05, 0.1) is 18.2 Å². The highest BCUT2D eigenvalue weighted by Crippen LogP contribution is 2.34. The third-order valence-corrected chi connectivity index (χ3v) is 5.99. The van der Waals surface area contributed by atoms with Gasteiger partial charge in [-0.15, -0.1) is 0 Å². The van der Waals surface area contributed by atoms with E-state index in [-0.39, 0.29) is 5.91 Å². The maximum atomic E-state index is 12.5. The lowest BCUT2D eigenvalue weighted by atomic mass is 9.96. The van der Waals surface area contributed by atoms with Gasteiger partial charge in [-0.05, 0) is 43.2 Å². The van der Waals surface area contributed by atoms with E-state index in [0.717, 1.165) is 51.3 Å². The molecule has 0 saturated carbocycles. The minimum atomic E-state index is 0.246. The van der Waals surface area contributed by atoms with Crippen LogP contribution in [-0.2, 0) is 22.5 Å². The molecule has 0 radical (unpaired) electrons. The number of benzene rings is 1. The molecular weight excluding hydrogens is 340 g/mol. The molecule has 1 amide bonds. The number of carbonyl (C=O) groups is 1. The Labute approximate surface area is 161 Å². The van der Waals surface area contributed by atoms with Crippen LogP contribution in [0.1, 0.15) is 43.2 Å². The summed E-state index contributed by atoms with van der Waals surface area (Å²) in [5.41, 5.74) is 2.66. The Bertz CT molecular complexity index is 705. The fourth-order valence-electron chi connectivity index (χ4n) is 4.47. The monoisotopic (exact) mass is 370 g/mol. The van der Waals surface area contributed by atoms with Crippen LogP contribution >= 0.6 is 0 Å². The Hall–Kier alpha value is -2.08. The molecule has 146 valence electrons. The van der Waals surface area contributed by atoms with Gasteiger partial charge in [0.2, 0.25) is 5.91 Å². The molecule has 0 aliphatic carbocycles. The SMILES string of the molecule is CN=C(NCCCC(=O)N1CCc2ccccc2C1)NC1CC2CCC1O2.